The molecule has 10 heteroatoms. The van der Waals surface area contributed by atoms with E-state index in [4.69, 9.17) is 4.52 Å². The van der Waals surface area contributed by atoms with Crippen molar-refractivity contribution in [2.45, 2.75) is 33.0 Å². The van der Waals surface area contributed by atoms with Gasteiger partial charge in [0.15, 0.2) is 0 Å². The zero-order chi connectivity index (χ0) is 22.3. The SMILES string of the molecule is Cc1noc2ncc(C(=O)N[C@H](C)c3cnn(-c4cccc(C(F)(F)F)c4)c3C)cc12. The molecule has 1 N–H and O–H groups in total. The third-order valence-electron chi connectivity index (χ3n) is 5.05. The molecule has 3 heterocycles. The summed E-state index contributed by atoms with van der Waals surface area (Å²) in [6.07, 6.45) is -1.51. The smallest absolute Gasteiger partial charge is 0.345 e. The molecule has 0 spiro atoms. The maximum Gasteiger partial charge on any atom is 0.416 e. The van der Waals surface area contributed by atoms with Gasteiger partial charge in [-0.2, -0.15) is 18.3 Å². The first-order chi connectivity index (χ1) is 14.6. The number of hydrogen-bond donors (Lipinski definition) is 1. The van der Waals surface area contributed by atoms with E-state index in [-0.39, 0.29) is 11.6 Å². The van der Waals surface area contributed by atoms with E-state index in [1.54, 1.807) is 32.9 Å². The number of alkyl halides is 3. The number of halogens is 3. The first kappa shape index (κ1) is 20.6. The minimum Gasteiger partial charge on any atom is -0.345 e. The number of rotatable bonds is 4. The molecule has 0 fully saturated rings. The molecule has 31 heavy (non-hydrogen) atoms. The average Bonchev–Trinajstić information content (AvgIpc) is 3.30. The first-order valence-electron chi connectivity index (χ1n) is 9.40. The van der Waals surface area contributed by atoms with Gasteiger partial charge < -0.3 is 9.84 Å². The van der Waals surface area contributed by atoms with Crippen molar-refractivity contribution in [1.29, 1.82) is 0 Å². The summed E-state index contributed by atoms with van der Waals surface area (Å²) in [6.45, 7) is 5.26. The van der Waals surface area contributed by atoms with Crippen molar-refractivity contribution in [3.8, 4) is 5.69 Å². The number of fused-ring (bicyclic) bond motifs is 1. The standard InChI is InChI=1S/C21H18F3N5O2/c1-11(27-19(30)14-7-17-12(2)28-31-20(17)25-9-14)18-10-26-29(13(18)3)16-6-4-5-15(8-16)21(22,23)24/h4-11H,1-3H3,(H,27,30)/t11-/m1/s1. The lowest BCUT2D eigenvalue weighted by molar-refractivity contribution is -0.137. The van der Waals surface area contributed by atoms with Crippen LogP contribution >= 0.6 is 0 Å². The molecule has 160 valence electrons. The Balaban J connectivity index is 1.57. The molecule has 0 aliphatic carbocycles. The van der Waals surface area contributed by atoms with Gasteiger partial charge in [0.2, 0.25) is 0 Å². The Labute approximate surface area is 174 Å². The zero-order valence-electron chi connectivity index (χ0n) is 16.9. The summed E-state index contributed by atoms with van der Waals surface area (Å²) in [5, 5.41) is 11.6. The Kier molecular flexibility index (Phi) is 5.00. The van der Waals surface area contributed by atoms with E-state index in [9.17, 15) is 18.0 Å². The molecule has 1 amide bonds. The van der Waals surface area contributed by atoms with Crippen LogP contribution in [0.2, 0.25) is 0 Å². The number of carbonyl (C=O) groups excluding carboxylic acids is 1. The Morgan fingerprint density at radius 1 is 1.19 bits per heavy atom. The van der Waals surface area contributed by atoms with Gasteiger partial charge in [-0.05, 0) is 45.0 Å². The molecular weight excluding hydrogens is 411 g/mol. The summed E-state index contributed by atoms with van der Waals surface area (Å²) in [4.78, 5) is 16.8. The molecule has 0 aliphatic heterocycles. The second kappa shape index (κ2) is 7.53. The largest absolute Gasteiger partial charge is 0.416 e. The van der Waals surface area contributed by atoms with Crippen LogP contribution in [0.3, 0.4) is 0 Å². The van der Waals surface area contributed by atoms with Crippen LogP contribution in [-0.2, 0) is 6.18 Å². The number of nitrogens with zero attached hydrogens (tertiary/aromatic N) is 4. The monoisotopic (exact) mass is 429 g/mol. The van der Waals surface area contributed by atoms with Gasteiger partial charge in [-0.3, -0.25) is 4.79 Å². The molecule has 0 aliphatic rings. The van der Waals surface area contributed by atoms with Crippen LogP contribution in [0.5, 0.6) is 0 Å². The van der Waals surface area contributed by atoms with Crippen LogP contribution in [-0.4, -0.2) is 25.8 Å². The van der Waals surface area contributed by atoms with Crippen LogP contribution in [0, 0.1) is 13.8 Å². The van der Waals surface area contributed by atoms with Gasteiger partial charge in [0.05, 0.1) is 40.1 Å². The number of amides is 1. The summed E-state index contributed by atoms with van der Waals surface area (Å²) >= 11 is 0. The quantitative estimate of drug-likeness (QED) is 0.515. The summed E-state index contributed by atoms with van der Waals surface area (Å²) in [6, 6.07) is 6.13. The number of hydrogen-bond acceptors (Lipinski definition) is 5. The lowest BCUT2D eigenvalue weighted by Crippen LogP contribution is -2.27. The maximum absolute atomic E-state index is 13.0. The lowest BCUT2D eigenvalue weighted by Gasteiger charge is -2.14. The predicted molar refractivity (Wildman–Crippen MR) is 106 cm³/mol. The molecule has 4 rings (SSSR count). The van der Waals surface area contributed by atoms with Crippen LogP contribution in [0.4, 0.5) is 13.2 Å². The van der Waals surface area contributed by atoms with Crippen molar-refractivity contribution < 1.29 is 22.5 Å². The minimum absolute atomic E-state index is 0.287. The molecule has 3 aromatic heterocycles. The van der Waals surface area contributed by atoms with E-state index in [1.807, 2.05) is 0 Å². The summed E-state index contributed by atoms with van der Waals surface area (Å²) < 4.78 is 45.6. The Hall–Kier alpha value is -3.69. The van der Waals surface area contributed by atoms with Crippen molar-refractivity contribution in [2.24, 2.45) is 0 Å². The zero-order valence-corrected chi connectivity index (χ0v) is 16.9. The molecule has 7 nitrogen and oxygen atoms in total. The van der Waals surface area contributed by atoms with E-state index in [1.165, 1.54) is 23.1 Å². The third kappa shape index (κ3) is 3.88. The van der Waals surface area contributed by atoms with Crippen molar-refractivity contribution in [1.82, 2.24) is 25.2 Å². The van der Waals surface area contributed by atoms with Gasteiger partial charge in [-0.15, -0.1) is 0 Å². The average molecular weight is 429 g/mol. The van der Waals surface area contributed by atoms with Crippen molar-refractivity contribution in [2.75, 3.05) is 0 Å². The van der Waals surface area contributed by atoms with Gasteiger partial charge in [0, 0.05) is 17.5 Å². The molecule has 1 aromatic carbocycles. The first-order valence-corrected chi connectivity index (χ1v) is 9.40. The second-order valence-corrected chi connectivity index (χ2v) is 7.19. The highest BCUT2D eigenvalue weighted by Crippen LogP contribution is 2.31. The summed E-state index contributed by atoms with van der Waals surface area (Å²) in [5.41, 5.74) is 2.15. The fourth-order valence-electron chi connectivity index (χ4n) is 3.35. The summed E-state index contributed by atoms with van der Waals surface area (Å²) in [7, 11) is 0. The number of benzene rings is 1. The minimum atomic E-state index is -4.45. The van der Waals surface area contributed by atoms with Crippen LogP contribution < -0.4 is 5.32 Å². The molecule has 0 radical (unpaired) electrons. The van der Waals surface area contributed by atoms with Crippen LogP contribution in [0.15, 0.2) is 47.2 Å². The molecule has 0 saturated carbocycles. The highest BCUT2D eigenvalue weighted by molar-refractivity contribution is 5.97. The van der Waals surface area contributed by atoms with Crippen molar-refractivity contribution >= 4 is 17.0 Å². The van der Waals surface area contributed by atoms with E-state index in [0.29, 0.717) is 33.6 Å². The number of aromatic nitrogens is 4. The molecule has 0 bridgehead atoms. The predicted octanol–water partition coefficient (Wildman–Crippen LogP) is 4.54. The lowest BCUT2D eigenvalue weighted by atomic mass is 10.1. The van der Waals surface area contributed by atoms with E-state index in [2.05, 4.69) is 20.6 Å². The van der Waals surface area contributed by atoms with Crippen molar-refractivity contribution in [3.63, 3.8) is 0 Å². The topological polar surface area (TPSA) is 85.8 Å². The molecule has 4 aromatic rings. The fraction of sp³-hybridized carbons (Fsp3) is 0.238. The maximum atomic E-state index is 13.0. The Bertz CT molecular complexity index is 1280. The van der Waals surface area contributed by atoms with Gasteiger partial charge in [-0.1, -0.05) is 11.2 Å². The van der Waals surface area contributed by atoms with E-state index < -0.39 is 17.8 Å². The number of aryl methyl sites for hydroxylation is 1. The van der Waals surface area contributed by atoms with Crippen LogP contribution in [0.25, 0.3) is 16.8 Å². The van der Waals surface area contributed by atoms with Gasteiger partial charge >= 0.3 is 6.18 Å². The highest BCUT2D eigenvalue weighted by atomic mass is 19.4. The molecule has 0 unspecified atom stereocenters. The molecular formula is C21H18F3N5O2. The van der Waals surface area contributed by atoms with E-state index in [0.717, 1.165) is 12.1 Å². The van der Waals surface area contributed by atoms with Gasteiger partial charge in [0.25, 0.3) is 11.6 Å². The number of pyridine rings is 1. The van der Waals surface area contributed by atoms with Gasteiger partial charge in [-0.25, -0.2) is 9.67 Å². The van der Waals surface area contributed by atoms with E-state index >= 15 is 0 Å². The number of nitrogens with one attached hydrogen (secondary N) is 1. The highest BCUT2D eigenvalue weighted by Gasteiger charge is 2.30. The third-order valence-corrected chi connectivity index (χ3v) is 5.05. The van der Waals surface area contributed by atoms with Gasteiger partial charge in [0.1, 0.15) is 0 Å². The van der Waals surface area contributed by atoms with Crippen molar-refractivity contribution in [3.05, 3.63) is 70.8 Å². The number of carbonyl (C=O) groups is 1. The second-order valence-electron chi connectivity index (χ2n) is 7.19. The van der Waals surface area contributed by atoms with Crippen LogP contribution in [0.1, 0.15) is 45.8 Å². The Morgan fingerprint density at radius 2 is 1.97 bits per heavy atom. The Morgan fingerprint density at radius 3 is 2.71 bits per heavy atom. The normalized spacial score (nSPS) is 12.8. The summed E-state index contributed by atoms with van der Waals surface area (Å²) in [5.74, 6) is -0.353. The molecule has 1 atom stereocenters. The fourth-order valence-corrected chi connectivity index (χ4v) is 3.35. The molecule has 0 saturated heterocycles.